The zero-order valence-electron chi connectivity index (χ0n) is 19.6. The summed E-state index contributed by atoms with van der Waals surface area (Å²) in [5.41, 5.74) is 0.375. The third-order valence-electron chi connectivity index (χ3n) is 4.92. The summed E-state index contributed by atoms with van der Waals surface area (Å²) in [6.45, 7) is 10.6. The highest BCUT2D eigenvalue weighted by Gasteiger charge is 2.32. The number of amides is 3. The molecule has 10 nitrogen and oxygen atoms in total. The van der Waals surface area contributed by atoms with E-state index in [9.17, 15) is 19.2 Å². The van der Waals surface area contributed by atoms with E-state index in [1.807, 2.05) is 27.0 Å². The molecule has 0 fully saturated rings. The Hall–Kier alpha value is -2.91. The van der Waals surface area contributed by atoms with Crippen LogP contribution in [0, 0.1) is 11.3 Å². The fourth-order valence-electron chi connectivity index (χ4n) is 3.15. The van der Waals surface area contributed by atoms with Crippen molar-refractivity contribution in [3.8, 4) is 0 Å². The Bertz CT molecular complexity index is 827. The van der Waals surface area contributed by atoms with Gasteiger partial charge in [0.15, 0.2) is 0 Å². The van der Waals surface area contributed by atoms with Crippen LogP contribution in [0.2, 0.25) is 0 Å². The molecule has 3 amide bonds. The lowest BCUT2D eigenvalue weighted by atomic mass is 9.99. The number of aryl methyl sites for hydroxylation is 1. The normalized spacial score (nSPS) is 18.8. The lowest BCUT2D eigenvalue weighted by Crippen LogP contribution is -2.56. The van der Waals surface area contributed by atoms with Gasteiger partial charge in [0.25, 0.3) is 5.91 Å². The number of nitrogens with zero attached hydrogens (tertiary/aromatic N) is 2. The van der Waals surface area contributed by atoms with Gasteiger partial charge in [-0.1, -0.05) is 34.6 Å². The Morgan fingerprint density at radius 1 is 1.28 bits per heavy atom. The van der Waals surface area contributed by atoms with Crippen molar-refractivity contribution >= 4 is 23.7 Å². The van der Waals surface area contributed by atoms with E-state index in [0.29, 0.717) is 25.2 Å². The minimum atomic E-state index is -1.10. The summed E-state index contributed by atoms with van der Waals surface area (Å²) in [5, 5.41) is 12.2. The van der Waals surface area contributed by atoms with E-state index >= 15 is 0 Å². The minimum absolute atomic E-state index is 0.0737. The van der Waals surface area contributed by atoms with Gasteiger partial charge in [-0.25, -0.2) is 4.79 Å². The molecule has 0 aromatic carbocycles. The van der Waals surface area contributed by atoms with Crippen LogP contribution >= 0.6 is 0 Å². The SMILES string of the molecule is CC(C)C(NC(=O)OCC(C)(C)C)C(=O)NC1Cc2ccn(n2)CCCCNC(=O)C1=O. The van der Waals surface area contributed by atoms with Crippen LogP contribution in [0.25, 0.3) is 0 Å². The molecule has 2 heterocycles. The molecule has 0 saturated heterocycles. The number of Topliss-reactive ketones (excluding diaryl/α,β-unsaturated/α-hetero) is 1. The Morgan fingerprint density at radius 3 is 2.66 bits per heavy atom. The molecule has 2 unspecified atom stereocenters. The molecule has 3 N–H and O–H groups in total. The molecule has 2 atom stereocenters. The number of rotatable bonds is 5. The molecule has 2 bridgehead atoms. The minimum Gasteiger partial charge on any atom is -0.449 e. The van der Waals surface area contributed by atoms with Crippen molar-refractivity contribution in [2.24, 2.45) is 11.3 Å². The Balaban J connectivity index is 2.13. The summed E-state index contributed by atoms with van der Waals surface area (Å²) in [7, 11) is 0. The van der Waals surface area contributed by atoms with E-state index in [-0.39, 0.29) is 24.4 Å². The van der Waals surface area contributed by atoms with Crippen molar-refractivity contribution < 1.29 is 23.9 Å². The van der Waals surface area contributed by atoms with Crippen LogP contribution in [0.5, 0.6) is 0 Å². The first-order valence-electron chi connectivity index (χ1n) is 11.0. The van der Waals surface area contributed by atoms with Crippen LogP contribution in [-0.4, -0.2) is 58.7 Å². The van der Waals surface area contributed by atoms with Crippen LogP contribution in [0.4, 0.5) is 4.79 Å². The molecule has 1 aliphatic heterocycles. The number of ether oxygens (including phenoxy) is 1. The van der Waals surface area contributed by atoms with E-state index in [4.69, 9.17) is 4.74 Å². The molecule has 32 heavy (non-hydrogen) atoms. The summed E-state index contributed by atoms with van der Waals surface area (Å²) in [6.07, 6.45) is 2.71. The first-order valence-corrected chi connectivity index (χ1v) is 11.0. The molecule has 2 rings (SSSR count). The van der Waals surface area contributed by atoms with Crippen LogP contribution in [0.1, 0.15) is 53.2 Å². The standard InChI is InChI=1S/C22H35N5O5/c1-14(2)17(25-21(31)32-13-22(3,4)5)19(29)24-16-12-15-8-11-27(26-15)10-7-6-9-23-20(30)18(16)28/h8,11,14,16-17H,6-7,9-10,12-13H2,1-5H3,(H,23,30)(H,24,29)(H,25,31). The fraction of sp³-hybridized carbons (Fsp3) is 0.682. The molecular formula is C22H35N5O5. The molecule has 1 aliphatic rings. The van der Waals surface area contributed by atoms with Gasteiger partial charge in [-0.05, 0) is 30.2 Å². The van der Waals surface area contributed by atoms with Gasteiger partial charge in [0.1, 0.15) is 12.1 Å². The molecule has 1 aromatic rings. The predicted molar refractivity (Wildman–Crippen MR) is 118 cm³/mol. The zero-order valence-corrected chi connectivity index (χ0v) is 19.6. The Kier molecular flexibility index (Phi) is 8.80. The number of alkyl carbamates (subject to hydrolysis) is 1. The van der Waals surface area contributed by atoms with Crippen LogP contribution < -0.4 is 16.0 Å². The summed E-state index contributed by atoms with van der Waals surface area (Å²) < 4.78 is 6.99. The topological polar surface area (TPSA) is 131 Å². The molecule has 0 saturated carbocycles. The third-order valence-corrected chi connectivity index (χ3v) is 4.92. The summed E-state index contributed by atoms with van der Waals surface area (Å²) in [6, 6.07) is -0.263. The van der Waals surface area contributed by atoms with Gasteiger partial charge in [-0.15, -0.1) is 0 Å². The van der Waals surface area contributed by atoms with Crippen LogP contribution in [0.15, 0.2) is 12.3 Å². The molecule has 178 valence electrons. The van der Waals surface area contributed by atoms with E-state index in [2.05, 4.69) is 21.0 Å². The van der Waals surface area contributed by atoms with Crippen molar-refractivity contribution in [3.05, 3.63) is 18.0 Å². The van der Waals surface area contributed by atoms with Crippen molar-refractivity contribution in [2.45, 2.75) is 72.5 Å². The van der Waals surface area contributed by atoms with Crippen LogP contribution in [0.3, 0.4) is 0 Å². The number of aromatic nitrogens is 2. The summed E-state index contributed by atoms with van der Waals surface area (Å²) in [5.74, 6) is -2.32. The molecule has 10 heteroatoms. The van der Waals surface area contributed by atoms with Gasteiger partial charge < -0.3 is 20.7 Å². The van der Waals surface area contributed by atoms with Gasteiger partial charge >= 0.3 is 6.09 Å². The third kappa shape index (κ3) is 7.97. The van der Waals surface area contributed by atoms with E-state index < -0.39 is 35.8 Å². The maximum atomic E-state index is 13.0. The average molecular weight is 450 g/mol. The number of ketones is 1. The van der Waals surface area contributed by atoms with Gasteiger partial charge in [0, 0.05) is 25.7 Å². The van der Waals surface area contributed by atoms with Gasteiger partial charge in [-0.3, -0.25) is 19.1 Å². The highest BCUT2D eigenvalue weighted by atomic mass is 16.5. The monoisotopic (exact) mass is 449 g/mol. The largest absolute Gasteiger partial charge is 0.449 e. The van der Waals surface area contributed by atoms with Crippen LogP contribution in [-0.2, 0) is 32.1 Å². The average Bonchev–Trinajstić information content (AvgIpc) is 3.14. The highest BCUT2D eigenvalue weighted by molar-refractivity contribution is 6.38. The Morgan fingerprint density at radius 2 is 2.00 bits per heavy atom. The van der Waals surface area contributed by atoms with Crippen molar-refractivity contribution in [3.63, 3.8) is 0 Å². The number of hydrogen-bond acceptors (Lipinski definition) is 6. The molecule has 0 aliphatic carbocycles. The maximum absolute atomic E-state index is 13.0. The molecular weight excluding hydrogens is 414 g/mol. The van der Waals surface area contributed by atoms with E-state index in [1.54, 1.807) is 24.6 Å². The fourth-order valence-corrected chi connectivity index (χ4v) is 3.15. The highest BCUT2D eigenvalue weighted by Crippen LogP contribution is 2.13. The van der Waals surface area contributed by atoms with Crippen molar-refractivity contribution in [2.75, 3.05) is 13.2 Å². The van der Waals surface area contributed by atoms with Crippen molar-refractivity contribution in [1.82, 2.24) is 25.7 Å². The maximum Gasteiger partial charge on any atom is 0.407 e. The van der Waals surface area contributed by atoms with Gasteiger partial charge in [0.2, 0.25) is 11.7 Å². The zero-order chi connectivity index (χ0) is 23.9. The predicted octanol–water partition coefficient (Wildman–Crippen LogP) is 1.19. The molecule has 0 radical (unpaired) electrons. The number of hydrogen-bond donors (Lipinski definition) is 3. The summed E-state index contributed by atoms with van der Waals surface area (Å²) in [4.78, 5) is 50.3. The molecule has 1 aromatic heterocycles. The van der Waals surface area contributed by atoms with E-state index in [1.165, 1.54) is 0 Å². The number of nitrogens with one attached hydrogen (secondary N) is 3. The Labute approximate surface area is 188 Å². The first kappa shape index (κ1) is 25.4. The van der Waals surface area contributed by atoms with E-state index in [0.717, 1.165) is 6.42 Å². The second-order valence-electron chi connectivity index (χ2n) is 9.67. The van der Waals surface area contributed by atoms with Gasteiger partial charge in [-0.2, -0.15) is 5.10 Å². The first-order chi connectivity index (χ1) is 15.0. The van der Waals surface area contributed by atoms with Crippen molar-refractivity contribution in [1.29, 1.82) is 0 Å². The quantitative estimate of drug-likeness (QED) is 0.579. The molecule has 0 spiro atoms. The number of fused-ring (bicyclic) bond motifs is 2. The number of carbonyl (C=O) groups excluding carboxylic acids is 4. The second-order valence-corrected chi connectivity index (χ2v) is 9.67. The lowest BCUT2D eigenvalue weighted by molar-refractivity contribution is -0.140. The summed E-state index contributed by atoms with van der Waals surface area (Å²) >= 11 is 0. The smallest absolute Gasteiger partial charge is 0.407 e. The lowest BCUT2D eigenvalue weighted by Gasteiger charge is -2.25. The number of carbonyl (C=O) groups is 4. The van der Waals surface area contributed by atoms with Gasteiger partial charge in [0.05, 0.1) is 12.3 Å². The second kappa shape index (κ2) is 11.1.